The number of hydrogen-bond donors (Lipinski definition) is 1. The highest BCUT2D eigenvalue weighted by atomic mass is 16.1. The third-order valence-electron chi connectivity index (χ3n) is 2.69. The highest BCUT2D eigenvalue weighted by Gasteiger charge is 2.06. The Hall–Kier alpha value is -2.10. The van der Waals surface area contributed by atoms with Crippen LogP contribution in [0.2, 0.25) is 0 Å². The van der Waals surface area contributed by atoms with Crippen molar-refractivity contribution in [1.29, 1.82) is 0 Å². The van der Waals surface area contributed by atoms with E-state index in [9.17, 15) is 4.79 Å². The van der Waals surface area contributed by atoms with Crippen LogP contribution in [0.5, 0.6) is 0 Å². The number of anilines is 1. The Kier molecular flexibility index (Phi) is 14.3. The molecule has 1 aromatic heterocycles. The van der Waals surface area contributed by atoms with Gasteiger partial charge >= 0.3 is 0 Å². The Morgan fingerprint density at radius 3 is 2.09 bits per heavy atom. The van der Waals surface area contributed by atoms with Crippen LogP contribution in [0.25, 0.3) is 0 Å². The maximum Gasteiger partial charge on any atom is 0.221 e. The molecule has 22 heavy (non-hydrogen) atoms. The summed E-state index contributed by atoms with van der Waals surface area (Å²) in [6.45, 7) is 7.61. The molecule has 4 heteroatoms. The summed E-state index contributed by atoms with van der Waals surface area (Å²) in [5.41, 5.74) is 2.00. The molecule has 0 bridgehead atoms. The van der Waals surface area contributed by atoms with Crippen LogP contribution in [-0.4, -0.2) is 15.5 Å². The van der Waals surface area contributed by atoms with Gasteiger partial charge in [-0.2, -0.15) is 0 Å². The minimum atomic E-state index is -0.0552. The van der Waals surface area contributed by atoms with Crippen LogP contribution in [0.4, 0.5) is 5.69 Å². The fraction of sp³-hybridized carbons (Fsp3) is 0.444. The number of carbonyl (C=O) groups is 1. The van der Waals surface area contributed by atoms with Gasteiger partial charge in [0.2, 0.25) is 5.91 Å². The zero-order chi connectivity index (χ0) is 14.3. The second kappa shape index (κ2) is 12.6. The second-order valence-corrected chi connectivity index (χ2v) is 3.99. The van der Waals surface area contributed by atoms with Crippen LogP contribution in [0.3, 0.4) is 0 Å². The molecule has 0 aliphatic heterocycles. The molecule has 0 aliphatic carbocycles. The first-order chi connectivity index (χ1) is 9.16. The minimum Gasteiger partial charge on any atom is -0.330 e. The molecule has 1 unspecified atom stereocenters. The number of aromatic nitrogens is 2. The van der Waals surface area contributed by atoms with E-state index in [1.165, 1.54) is 12.5 Å². The van der Waals surface area contributed by atoms with Gasteiger partial charge in [0, 0.05) is 25.0 Å². The number of amides is 1. The van der Waals surface area contributed by atoms with Crippen molar-refractivity contribution in [3.8, 4) is 0 Å². The molecular formula is C18H33N3O. The van der Waals surface area contributed by atoms with Gasteiger partial charge < -0.3 is 9.88 Å². The van der Waals surface area contributed by atoms with E-state index in [0.717, 1.165) is 5.69 Å². The van der Waals surface area contributed by atoms with Crippen molar-refractivity contribution in [3.05, 3.63) is 48.5 Å². The van der Waals surface area contributed by atoms with E-state index in [1.54, 1.807) is 12.5 Å². The van der Waals surface area contributed by atoms with E-state index >= 15 is 0 Å². The standard InChI is InChI=1S/C13H15N3O.C2H6.3CH4/c1-10(16-8-7-14-9-16)12-3-5-13(6-4-12)15-11(2)17;1-2;;;/h3-10H,1-2H3,(H,15,17);1-2H3;3*1H4. The quantitative estimate of drug-likeness (QED) is 0.827. The van der Waals surface area contributed by atoms with Gasteiger partial charge in [-0.3, -0.25) is 4.79 Å². The molecule has 0 saturated carbocycles. The van der Waals surface area contributed by atoms with Crippen molar-refractivity contribution in [1.82, 2.24) is 9.55 Å². The number of benzene rings is 1. The number of imidazole rings is 1. The highest BCUT2D eigenvalue weighted by molar-refractivity contribution is 5.88. The van der Waals surface area contributed by atoms with Crippen molar-refractivity contribution < 1.29 is 4.79 Å². The summed E-state index contributed by atoms with van der Waals surface area (Å²) in [5.74, 6) is -0.0552. The monoisotopic (exact) mass is 307 g/mol. The molecule has 0 spiro atoms. The SMILES string of the molecule is C.C.C.CC.CC(=O)Nc1ccc(C(C)n2ccnc2)cc1. The molecule has 0 radical (unpaired) electrons. The van der Waals surface area contributed by atoms with Gasteiger partial charge in [-0.15, -0.1) is 0 Å². The van der Waals surface area contributed by atoms with Gasteiger partial charge in [0.25, 0.3) is 0 Å². The number of carbonyl (C=O) groups excluding carboxylic acids is 1. The van der Waals surface area contributed by atoms with Crippen molar-refractivity contribution in [2.75, 3.05) is 5.32 Å². The molecule has 2 aromatic rings. The molecule has 1 atom stereocenters. The molecule has 0 aliphatic rings. The molecule has 1 N–H and O–H groups in total. The Morgan fingerprint density at radius 2 is 1.68 bits per heavy atom. The molecule has 0 saturated heterocycles. The number of nitrogens with zero attached hydrogens (tertiary/aromatic N) is 2. The maximum absolute atomic E-state index is 10.9. The van der Waals surface area contributed by atoms with E-state index in [1.807, 2.05) is 48.9 Å². The highest BCUT2D eigenvalue weighted by Crippen LogP contribution is 2.19. The molecule has 126 valence electrons. The summed E-state index contributed by atoms with van der Waals surface area (Å²) in [5, 5.41) is 2.75. The summed E-state index contributed by atoms with van der Waals surface area (Å²) in [7, 11) is 0. The lowest BCUT2D eigenvalue weighted by Crippen LogP contribution is -2.07. The first-order valence-corrected chi connectivity index (χ1v) is 6.52. The second-order valence-electron chi connectivity index (χ2n) is 3.99. The maximum atomic E-state index is 10.9. The lowest BCUT2D eigenvalue weighted by Gasteiger charge is -2.13. The smallest absolute Gasteiger partial charge is 0.221 e. The summed E-state index contributed by atoms with van der Waals surface area (Å²) >= 11 is 0. The number of nitrogens with one attached hydrogen (secondary N) is 1. The molecule has 0 fully saturated rings. The fourth-order valence-corrected chi connectivity index (χ4v) is 1.72. The molecular weight excluding hydrogens is 274 g/mol. The normalized spacial score (nSPS) is 9.64. The molecule has 1 aromatic carbocycles. The number of hydrogen-bond acceptors (Lipinski definition) is 2. The number of rotatable bonds is 3. The van der Waals surface area contributed by atoms with Crippen molar-refractivity contribution in [3.63, 3.8) is 0 Å². The lowest BCUT2D eigenvalue weighted by atomic mass is 10.1. The third-order valence-corrected chi connectivity index (χ3v) is 2.69. The molecule has 2 rings (SSSR count). The van der Waals surface area contributed by atoms with E-state index in [2.05, 4.69) is 17.2 Å². The zero-order valence-electron chi connectivity index (χ0n) is 11.9. The molecule has 1 amide bonds. The zero-order valence-corrected chi connectivity index (χ0v) is 11.9. The summed E-state index contributed by atoms with van der Waals surface area (Å²) in [6.07, 6.45) is 5.50. The summed E-state index contributed by atoms with van der Waals surface area (Å²) in [6, 6.07) is 8.07. The first kappa shape index (κ1) is 24.9. The minimum absolute atomic E-state index is 0. The van der Waals surface area contributed by atoms with Gasteiger partial charge in [0.05, 0.1) is 12.4 Å². The Bertz CT molecular complexity index is 490. The van der Waals surface area contributed by atoms with E-state index in [-0.39, 0.29) is 34.2 Å². The third kappa shape index (κ3) is 7.07. The van der Waals surface area contributed by atoms with Crippen LogP contribution < -0.4 is 5.32 Å². The summed E-state index contributed by atoms with van der Waals surface area (Å²) in [4.78, 5) is 14.9. The predicted octanol–water partition coefficient (Wildman–Crippen LogP) is 5.39. The van der Waals surface area contributed by atoms with Crippen LogP contribution in [-0.2, 0) is 4.79 Å². The average molecular weight is 307 g/mol. The predicted molar refractivity (Wildman–Crippen MR) is 98.3 cm³/mol. The van der Waals surface area contributed by atoms with Gasteiger partial charge in [-0.1, -0.05) is 48.3 Å². The van der Waals surface area contributed by atoms with Crippen LogP contribution in [0.1, 0.15) is 61.6 Å². The topological polar surface area (TPSA) is 46.9 Å². The van der Waals surface area contributed by atoms with Gasteiger partial charge in [-0.25, -0.2) is 4.98 Å². The van der Waals surface area contributed by atoms with Crippen molar-refractivity contribution in [2.24, 2.45) is 0 Å². The van der Waals surface area contributed by atoms with Gasteiger partial charge in [0.15, 0.2) is 0 Å². The van der Waals surface area contributed by atoms with Crippen LogP contribution >= 0.6 is 0 Å². The first-order valence-electron chi connectivity index (χ1n) is 6.52. The van der Waals surface area contributed by atoms with Crippen molar-refractivity contribution in [2.45, 2.75) is 56.0 Å². The molecule has 1 heterocycles. The Morgan fingerprint density at radius 1 is 1.14 bits per heavy atom. The van der Waals surface area contributed by atoms with E-state index in [4.69, 9.17) is 0 Å². The summed E-state index contributed by atoms with van der Waals surface area (Å²) < 4.78 is 2.04. The Labute approximate surface area is 136 Å². The van der Waals surface area contributed by atoms with Crippen LogP contribution in [0.15, 0.2) is 43.0 Å². The average Bonchev–Trinajstić information content (AvgIpc) is 2.94. The van der Waals surface area contributed by atoms with Gasteiger partial charge in [0.1, 0.15) is 0 Å². The van der Waals surface area contributed by atoms with E-state index in [0.29, 0.717) is 0 Å². The van der Waals surface area contributed by atoms with E-state index < -0.39 is 0 Å². The molecule has 4 nitrogen and oxygen atoms in total. The lowest BCUT2D eigenvalue weighted by molar-refractivity contribution is -0.114. The largest absolute Gasteiger partial charge is 0.330 e. The fourth-order valence-electron chi connectivity index (χ4n) is 1.72. The Balaban J connectivity index is -0.000000693. The van der Waals surface area contributed by atoms with Crippen molar-refractivity contribution >= 4 is 11.6 Å². The van der Waals surface area contributed by atoms with Crippen LogP contribution in [0, 0.1) is 0 Å². The van der Waals surface area contributed by atoms with Gasteiger partial charge in [-0.05, 0) is 24.6 Å².